The Morgan fingerprint density at radius 1 is 1.17 bits per heavy atom. The van der Waals surface area contributed by atoms with E-state index in [2.05, 4.69) is 31.2 Å². The van der Waals surface area contributed by atoms with Crippen LogP contribution in [0.25, 0.3) is 0 Å². The molecule has 1 heteroatoms. The van der Waals surface area contributed by atoms with Gasteiger partial charge < -0.3 is 5.73 Å². The highest BCUT2D eigenvalue weighted by Crippen LogP contribution is 2.36. The molecule has 1 aliphatic carbocycles. The summed E-state index contributed by atoms with van der Waals surface area (Å²) in [6, 6.07) is 9.26. The average molecular weight is 245 g/mol. The maximum absolute atomic E-state index is 6.00. The highest BCUT2D eigenvalue weighted by atomic mass is 14.6. The van der Waals surface area contributed by atoms with Crippen molar-refractivity contribution in [3.8, 4) is 0 Å². The summed E-state index contributed by atoms with van der Waals surface area (Å²) < 4.78 is 0. The molecular weight excluding hydrogens is 218 g/mol. The molecule has 0 saturated heterocycles. The summed E-state index contributed by atoms with van der Waals surface area (Å²) in [6.45, 7) is 3.05. The minimum Gasteiger partial charge on any atom is -0.330 e. The Kier molecular flexibility index (Phi) is 5.25. The number of hydrogen-bond donors (Lipinski definition) is 1. The summed E-state index contributed by atoms with van der Waals surface area (Å²) >= 11 is 0. The van der Waals surface area contributed by atoms with E-state index in [-0.39, 0.29) is 0 Å². The van der Waals surface area contributed by atoms with Gasteiger partial charge in [-0.15, -0.1) is 0 Å². The van der Waals surface area contributed by atoms with Crippen molar-refractivity contribution in [3.05, 3.63) is 35.4 Å². The van der Waals surface area contributed by atoms with Crippen molar-refractivity contribution in [2.24, 2.45) is 11.7 Å². The summed E-state index contributed by atoms with van der Waals surface area (Å²) in [6.07, 6.45) is 9.33. The second-order valence-corrected chi connectivity index (χ2v) is 5.73. The van der Waals surface area contributed by atoms with Crippen molar-refractivity contribution in [1.82, 2.24) is 0 Å². The first kappa shape index (κ1) is 13.6. The molecule has 1 aromatic carbocycles. The minimum absolute atomic E-state index is 0.590. The monoisotopic (exact) mass is 245 g/mol. The van der Waals surface area contributed by atoms with Crippen molar-refractivity contribution < 1.29 is 0 Å². The largest absolute Gasteiger partial charge is 0.330 e. The maximum Gasteiger partial charge on any atom is -0.000556 e. The summed E-state index contributed by atoms with van der Waals surface area (Å²) in [4.78, 5) is 0. The van der Waals surface area contributed by atoms with Gasteiger partial charge in [-0.2, -0.15) is 0 Å². The average Bonchev–Trinajstić information content (AvgIpc) is 2.93. The zero-order valence-corrected chi connectivity index (χ0v) is 11.7. The van der Waals surface area contributed by atoms with Crippen molar-refractivity contribution in [1.29, 1.82) is 0 Å². The van der Waals surface area contributed by atoms with Gasteiger partial charge in [0.05, 0.1) is 0 Å². The Hall–Kier alpha value is -0.820. The van der Waals surface area contributed by atoms with Gasteiger partial charge in [-0.05, 0) is 55.2 Å². The first-order chi connectivity index (χ1) is 8.85. The molecule has 1 unspecified atom stereocenters. The van der Waals surface area contributed by atoms with Crippen LogP contribution in [0.15, 0.2) is 24.3 Å². The minimum atomic E-state index is 0.590. The Bertz CT molecular complexity index is 335. The lowest BCUT2D eigenvalue weighted by Crippen LogP contribution is -2.19. The molecule has 0 bridgehead atoms. The van der Waals surface area contributed by atoms with Crippen LogP contribution >= 0.6 is 0 Å². The summed E-state index contributed by atoms with van der Waals surface area (Å²) in [5.41, 5.74) is 8.94. The lowest BCUT2D eigenvalue weighted by atomic mass is 9.84. The molecule has 2 rings (SSSR count). The van der Waals surface area contributed by atoms with E-state index in [4.69, 9.17) is 5.73 Å². The van der Waals surface area contributed by atoms with Crippen LogP contribution in [-0.2, 0) is 6.42 Å². The molecule has 2 N–H and O–H groups in total. The van der Waals surface area contributed by atoms with Crippen molar-refractivity contribution >= 4 is 0 Å². The van der Waals surface area contributed by atoms with Crippen LogP contribution in [0, 0.1) is 5.92 Å². The molecule has 0 aliphatic heterocycles. The molecule has 1 nitrogen and oxygen atoms in total. The topological polar surface area (TPSA) is 26.0 Å². The Morgan fingerprint density at radius 2 is 1.83 bits per heavy atom. The zero-order chi connectivity index (χ0) is 12.8. The van der Waals surface area contributed by atoms with E-state index in [0.717, 1.165) is 12.5 Å². The number of aryl methyl sites for hydroxylation is 1. The van der Waals surface area contributed by atoms with Crippen LogP contribution in [0.4, 0.5) is 0 Å². The Labute approximate surface area is 112 Å². The summed E-state index contributed by atoms with van der Waals surface area (Å²) in [5, 5.41) is 0. The van der Waals surface area contributed by atoms with Gasteiger partial charge in [0.2, 0.25) is 0 Å². The fourth-order valence-electron chi connectivity index (χ4n) is 3.27. The van der Waals surface area contributed by atoms with E-state index in [1.165, 1.54) is 56.1 Å². The van der Waals surface area contributed by atoms with Gasteiger partial charge in [0, 0.05) is 0 Å². The van der Waals surface area contributed by atoms with Crippen LogP contribution in [0.3, 0.4) is 0 Å². The van der Waals surface area contributed by atoms with Gasteiger partial charge in [-0.1, -0.05) is 50.5 Å². The number of benzene rings is 1. The van der Waals surface area contributed by atoms with Gasteiger partial charge >= 0.3 is 0 Å². The van der Waals surface area contributed by atoms with E-state index in [1.54, 1.807) is 0 Å². The molecule has 0 radical (unpaired) electrons. The summed E-state index contributed by atoms with van der Waals surface area (Å²) in [7, 11) is 0. The third-order valence-corrected chi connectivity index (χ3v) is 4.45. The first-order valence-electron chi connectivity index (χ1n) is 7.64. The zero-order valence-electron chi connectivity index (χ0n) is 11.7. The van der Waals surface area contributed by atoms with E-state index in [1.807, 2.05) is 0 Å². The molecule has 18 heavy (non-hydrogen) atoms. The standard InChI is InChI=1S/C17H27N/c1-2-3-6-14-9-11-16(12-10-14)17(13-18)15-7-4-5-8-15/h9-12,15,17H,2-8,13,18H2,1H3. The quantitative estimate of drug-likeness (QED) is 0.796. The predicted molar refractivity (Wildman–Crippen MR) is 78.8 cm³/mol. The third-order valence-electron chi connectivity index (χ3n) is 4.45. The van der Waals surface area contributed by atoms with E-state index in [0.29, 0.717) is 5.92 Å². The second kappa shape index (κ2) is 6.94. The van der Waals surface area contributed by atoms with Gasteiger partial charge in [0.15, 0.2) is 0 Å². The van der Waals surface area contributed by atoms with Crippen LogP contribution in [0.2, 0.25) is 0 Å². The molecule has 0 aromatic heterocycles. The van der Waals surface area contributed by atoms with Gasteiger partial charge in [0.1, 0.15) is 0 Å². The molecule has 1 aliphatic rings. The molecular formula is C17H27N. The third kappa shape index (κ3) is 3.35. The van der Waals surface area contributed by atoms with Gasteiger partial charge in [-0.25, -0.2) is 0 Å². The number of unbranched alkanes of at least 4 members (excludes halogenated alkanes) is 1. The Balaban J connectivity index is 2.02. The molecule has 0 amide bonds. The van der Waals surface area contributed by atoms with E-state index < -0.39 is 0 Å². The van der Waals surface area contributed by atoms with Crippen LogP contribution in [0.1, 0.15) is 62.5 Å². The van der Waals surface area contributed by atoms with Crippen molar-refractivity contribution in [3.63, 3.8) is 0 Å². The Morgan fingerprint density at radius 3 is 2.39 bits per heavy atom. The molecule has 1 atom stereocenters. The van der Waals surface area contributed by atoms with E-state index >= 15 is 0 Å². The number of nitrogens with two attached hydrogens (primary N) is 1. The highest BCUT2D eigenvalue weighted by Gasteiger charge is 2.24. The van der Waals surface area contributed by atoms with E-state index in [9.17, 15) is 0 Å². The van der Waals surface area contributed by atoms with Gasteiger partial charge in [0.25, 0.3) is 0 Å². The van der Waals surface area contributed by atoms with Crippen LogP contribution in [0.5, 0.6) is 0 Å². The normalized spacial score (nSPS) is 18.1. The van der Waals surface area contributed by atoms with Gasteiger partial charge in [-0.3, -0.25) is 0 Å². The lowest BCUT2D eigenvalue weighted by molar-refractivity contribution is 0.440. The SMILES string of the molecule is CCCCc1ccc(C(CN)C2CCCC2)cc1. The number of hydrogen-bond acceptors (Lipinski definition) is 1. The molecule has 1 aromatic rings. The molecule has 0 spiro atoms. The molecule has 0 heterocycles. The second-order valence-electron chi connectivity index (χ2n) is 5.73. The van der Waals surface area contributed by atoms with Crippen LogP contribution < -0.4 is 5.73 Å². The molecule has 1 fully saturated rings. The smallest absolute Gasteiger partial charge is 0.000556 e. The fraction of sp³-hybridized carbons (Fsp3) is 0.647. The highest BCUT2D eigenvalue weighted by molar-refractivity contribution is 5.26. The molecule has 1 saturated carbocycles. The fourth-order valence-corrected chi connectivity index (χ4v) is 3.27. The molecule has 100 valence electrons. The first-order valence-corrected chi connectivity index (χ1v) is 7.64. The number of rotatable bonds is 6. The lowest BCUT2D eigenvalue weighted by Gasteiger charge is -2.22. The predicted octanol–water partition coefficient (Wildman–Crippen LogP) is 4.26. The van der Waals surface area contributed by atoms with Crippen molar-refractivity contribution in [2.45, 2.75) is 57.8 Å². The summed E-state index contributed by atoms with van der Waals surface area (Å²) in [5.74, 6) is 1.42. The van der Waals surface area contributed by atoms with Crippen LogP contribution in [-0.4, -0.2) is 6.54 Å². The maximum atomic E-state index is 6.00. The van der Waals surface area contributed by atoms with Crippen molar-refractivity contribution in [2.75, 3.05) is 6.54 Å².